The fourth-order valence-corrected chi connectivity index (χ4v) is 3.39. The van der Waals surface area contributed by atoms with E-state index in [0.29, 0.717) is 31.6 Å². The summed E-state index contributed by atoms with van der Waals surface area (Å²) in [6.45, 7) is 1.11. The summed E-state index contributed by atoms with van der Waals surface area (Å²) in [5.74, 6) is -0.966. The van der Waals surface area contributed by atoms with Crippen LogP contribution in [0.1, 0.15) is 28.8 Å². The van der Waals surface area contributed by atoms with Crippen LogP contribution in [0.15, 0.2) is 36.7 Å². The number of benzene rings is 1. The quantitative estimate of drug-likeness (QED) is 0.792. The standard InChI is InChI=1S/C19H21F3N4O2/c1-25-11-16(9-23-25)24-17(27)12-26-7-3-5-14(10-26)18(28)13-4-2-6-15(8-13)19(20,21)22/h2,4,6,8-9,11,14H,3,5,7,10,12H2,1H3,(H,24,27)/t14-/m1/s1. The Morgan fingerprint density at radius 3 is 2.79 bits per heavy atom. The van der Waals surface area contributed by atoms with Crippen molar-refractivity contribution in [2.45, 2.75) is 19.0 Å². The van der Waals surface area contributed by atoms with Gasteiger partial charge in [0, 0.05) is 31.3 Å². The van der Waals surface area contributed by atoms with Gasteiger partial charge in [0.15, 0.2) is 5.78 Å². The van der Waals surface area contributed by atoms with Crippen molar-refractivity contribution in [3.63, 3.8) is 0 Å². The predicted octanol–water partition coefficient (Wildman–Crippen LogP) is 2.97. The van der Waals surface area contributed by atoms with Crippen molar-refractivity contribution in [3.05, 3.63) is 47.8 Å². The lowest BCUT2D eigenvalue weighted by atomic mass is 9.89. The van der Waals surface area contributed by atoms with Gasteiger partial charge >= 0.3 is 6.18 Å². The number of carbonyl (C=O) groups excluding carboxylic acids is 2. The van der Waals surface area contributed by atoms with Gasteiger partial charge in [-0.25, -0.2) is 0 Å². The lowest BCUT2D eigenvalue weighted by Gasteiger charge is -2.31. The first kappa shape index (κ1) is 20.1. The zero-order chi connectivity index (χ0) is 20.3. The average Bonchev–Trinajstić information content (AvgIpc) is 3.05. The van der Waals surface area contributed by atoms with Crippen molar-refractivity contribution in [1.82, 2.24) is 14.7 Å². The van der Waals surface area contributed by atoms with Gasteiger partial charge < -0.3 is 5.32 Å². The summed E-state index contributed by atoms with van der Waals surface area (Å²) in [7, 11) is 1.74. The van der Waals surface area contributed by atoms with E-state index in [9.17, 15) is 22.8 Å². The molecule has 0 radical (unpaired) electrons. The molecule has 150 valence electrons. The van der Waals surface area contributed by atoms with E-state index < -0.39 is 17.7 Å². The molecule has 0 unspecified atom stereocenters. The number of aromatic nitrogens is 2. The molecule has 1 N–H and O–H groups in total. The SMILES string of the molecule is Cn1cc(NC(=O)CN2CCC[C@@H](C(=O)c3cccc(C(F)(F)F)c3)C2)cn1. The van der Waals surface area contributed by atoms with Gasteiger partial charge in [0.25, 0.3) is 0 Å². The maximum atomic E-state index is 12.9. The Morgan fingerprint density at radius 1 is 1.32 bits per heavy atom. The first-order valence-corrected chi connectivity index (χ1v) is 8.94. The van der Waals surface area contributed by atoms with Crippen molar-refractivity contribution in [1.29, 1.82) is 0 Å². The summed E-state index contributed by atoms with van der Waals surface area (Å²) in [4.78, 5) is 26.7. The Kier molecular flexibility index (Phi) is 5.83. The first-order valence-electron chi connectivity index (χ1n) is 8.94. The summed E-state index contributed by atoms with van der Waals surface area (Å²) in [6, 6.07) is 4.51. The van der Waals surface area contributed by atoms with E-state index in [4.69, 9.17) is 0 Å². The maximum absolute atomic E-state index is 12.9. The Morgan fingerprint density at radius 2 is 2.11 bits per heavy atom. The van der Waals surface area contributed by atoms with E-state index >= 15 is 0 Å². The molecule has 1 amide bonds. The molecule has 9 heteroatoms. The fraction of sp³-hybridized carbons (Fsp3) is 0.421. The molecule has 1 aromatic carbocycles. The number of anilines is 1. The van der Waals surface area contributed by atoms with Crippen molar-refractivity contribution in [2.24, 2.45) is 13.0 Å². The first-order chi connectivity index (χ1) is 13.2. The molecular weight excluding hydrogens is 373 g/mol. The van der Waals surface area contributed by atoms with Crippen LogP contribution in [-0.2, 0) is 18.0 Å². The minimum atomic E-state index is -4.49. The number of piperidine rings is 1. The maximum Gasteiger partial charge on any atom is 0.416 e. The van der Waals surface area contributed by atoms with E-state index in [0.717, 1.165) is 12.1 Å². The van der Waals surface area contributed by atoms with E-state index in [1.165, 1.54) is 18.3 Å². The molecule has 1 atom stereocenters. The molecule has 2 heterocycles. The van der Waals surface area contributed by atoms with Crippen molar-refractivity contribution >= 4 is 17.4 Å². The summed E-state index contributed by atoms with van der Waals surface area (Å²) in [5.41, 5.74) is -0.190. The molecule has 0 aliphatic carbocycles. The van der Waals surface area contributed by atoms with Gasteiger partial charge in [0.1, 0.15) is 0 Å². The van der Waals surface area contributed by atoms with Crippen molar-refractivity contribution < 1.29 is 22.8 Å². The van der Waals surface area contributed by atoms with Gasteiger partial charge in [-0.3, -0.25) is 19.2 Å². The number of halogens is 3. The largest absolute Gasteiger partial charge is 0.416 e. The molecule has 0 spiro atoms. The van der Waals surface area contributed by atoms with E-state index in [2.05, 4.69) is 10.4 Å². The molecule has 1 aliphatic heterocycles. The van der Waals surface area contributed by atoms with E-state index in [1.807, 2.05) is 4.90 Å². The minimum Gasteiger partial charge on any atom is -0.322 e. The van der Waals surface area contributed by atoms with Crippen molar-refractivity contribution in [3.8, 4) is 0 Å². The smallest absolute Gasteiger partial charge is 0.322 e. The lowest BCUT2D eigenvalue weighted by molar-refractivity contribution is -0.137. The fourth-order valence-electron chi connectivity index (χ4n) is 3.39. The highest BCUT2D eigenvalue weighted by Gasteiger charge is 2.32. The second kappa shape index (κ2) is 8.14. The number of hydrogen-bond acceptors (Lipinski definition) is 4. The molecule has 2 aromatic rings. The molecule has 1 saturated heterocycles. The molecule has 0 bridgehead atoms. The number of hydrogen-bond donors (Lipinski definition) is 1. The number of alkyl halides is 3. The highest BCUT2D eigenvalue weighted by Crippen LogP contribution is 2.30. The van der Waals surface area contributed by atoms with Crippen LogP contribution in [0.25, 0.3) is 0 Å². The lowest BCUT2D eigenvalue weighted by Crippen LogP contribution is -2.42. The van der Waals surface area contributed by atoms with Gasteiger partial charge in [0.2, 0.25) is 5.91 Å². The molecule has 6 nitrogen and oxygen atoms in total. The van der Waals surface area contributed by atoms with Crippen LogP contribution in [0.3, 0.4) is 0 Å². The second-order valence-electron chi connectivity index (χ2n) is 6.97. The van der Waals surface area contributed by atoms with Crippen LogP contribution < -0.4 is 5.32 Å². The zero-order valence-corrected chi connectivity index (χ0v) is 15.4. The number of rotatable bonds is 5. The monoisotopic (exact) mass is 394 g/mol. The normalized spacial score (nSPS) is 18.1. The number of nitrogens with one attached hydrogen (secondary N) is 1. The van der Waals surface area contributed by atoms with Gasteiger partial charge in [-0.2, -0.15) is 18.3 Å². The Balaban J connectivity index is 1.61. The number of ketones is 1. The third-order valence-corrected chi connectivity index (χ3v) is 4.71. The van der Waals surface area contributed by atoms with E-state index in [-0.39, 0.29) is 23.8 Å². The van der Waals surface area contributed by atoms with Gasteiger partial charge in [0.05, 0.1) is 24.0 Å². The average molecular weight is 394 g/mol. The Bertz CT molecular complexity index is 863. The van der Waals surface area contributed by atoms with Gasteiger partial charge in [-0.1, -0.05) is 12.1 Å². The summed E-state index contributed by atoms with van der Waals surface area (Å²) < 4.78 is 40.2. The number of carbonyl (C=O) groups is 2. The van der Waals surface area contributed by atoms with Crippen LogP contribution in [0.5, 0.6) is 0 Å². The molecule has 3 rings (SSSR count). The topological polar surface area (TPSA) is 67.2 Å². The summed E-state index contributed by atoms with van der Waals surface area (Å²) >= 11 is 0. The number of aryl methyl sites for hydroxylation is 1. The number of amides is 1. The van der Waals surface area contributed by atoms with Crippen LogP contribution >= 0.6 is 0 Å². The summed E-state index contributed by atoms with van der Waals surface area (Å²) in [5, 5.41) is 6.71. The Labute approximate surface area is 160 Å². The molecule has 1 fully saturated rings. The highest BCUT2D eigenvalue weighted by molar-refractivity contribution is 5.98. The van der Waals surface area contributed by atoms with Gasteiger partial charge in [-0.15, -0.1) is 0 Å². The van der Waals surface area contributed by atoms with Crippen molar-refractivity contribution in [2.75, 3.05) is 25.0 Å². The van der Waals surface area contributed by atoms with Crippen LogP contribution in [0, 0.1) is 5.92 Å². The van der Waals surface area contributed by atoms with Crippen LogP contribution in [0.4, 0.5) is 18.9 Å². The molecular formula is C19H21F3N4O2. The highest BCUT2D eigenvalue weighted by atomic mass is 19.4. The molecule has 28 heavy (non-hydrogen) atoms. The number of likely N-dealkylation sites (tertiary alicyclic amines) is 1. The predicted molar refractivity (Wildman–Crippen MR) is 96.8 cm³/mol. The Hall–Kier alpha value is -2.68. The second-order valence-corrected chi connectivity index (χ2v) is 6.97. The van der Waals surface area contributed by atoms with E-state index in [1.54, 1.807) is 17.9 Å². The number of Topliss-reactive ketones (excluding diaryl/α,β-unsaturated/α-hetero) is 1. The summed E-state index contributed by atoms with van der Waals surface area (Å²) in [6.07, 6.45) is 0.0206. The third kappa shape index (κ3) is 4.98. The molecule has 1 aromatic heterocycles. The van der Waals surface area contributed by atoms with Crippen LogP contribution in [-0.4, -0.2) is 46.0 Å². The zero-order valence-electron chi connectivity index (χ0n) is 15.4. The molecule has 1 aliphatic rings. The van der Waals surface area contributed by atoms with Gasteiger partial charge in [-0.05, 0) is 31.5 Å². The number of nitrogens with zero attached hydrogens (tertiary/aromatic N) is 3. The van der Waals surface area contributed by atoms with Crippen LogP contribution in [0.2, 0.25) is 0 Å². The third-order valence-electron chi connectivity index (χ3n) is 4.71. The molecule has 0 saturated carbocycles. The minimum absolute atomic E-state index is 0.0569.